The summed E-state index contributed by atoms with van der Waals surface area (Å²) in [6, 6.07) is 21.9. The minimum atomic E-state index is -0.832. The second kappa shape index (κ2) is 9.47. The standard InChI is InChI=1S/C23H21N3O4/c1-16(24-23(28)19-11-7-12-20(15-19)26(29)30)22(27)25-21-13-6-5-10-18(21)14-17-8-3-2-4-9-17/h2-13,15-16H,14H2,1H3,(H,24,28)(H,25,27)/t16-/m0/s1. The molecular formula is C23H21N3O4. The molecule has 30 heavy (non-hydrogen) atoms. The molecule has 152 valence electrons. The maximum Gasteiger partial charge on any atom is 0.270 e. The van der Waals surface area contributed by atoms with Crippen LogP contribution in [-0.2, 0) is 11.2 Å². The quantitative estimate of drug-likeness (QED) is 0.461. The summed E-state index contributed by atoms with van der Waals surface area (Å²) in [6.45, 7) is 1.56. The van der Waals surface area contributed by atoms with Crippen LogP contribution in [-0.4, -0.2) is 22.8 Å². The number of nitrogens with zero attached hydrogens (tertiary/aromatic N) is 1. The molecule has 3 aromatic carbocycles. The molecule has 0 radical (unpaired) electrons. The highest BCUT2D eigenvalue weighted by Crippen LogP contribution is 2.19. The lowest BCUT2D eigenvalue weighted by molar-refractivity contribution is -0.384. The van der Waals surface area contributed by atoms with Crippen molar-refractivity contribution in [3.63, 3.8) is 0 Å². The summed E-state index contributed by atoms with van der Waals surface area (Å²) in [7, 11) is 0. The van der Waals surface area contributed by atoms with Gasteiger partial charge in [0.15, 0.2) is 0 Å². The third-order valence-electron chi connectivity index (χ3n) is 4.57. The van der Waals surface area contributed by atoms with Crippen LogP contribution in [0.5, 0.6) is 0 Å². The number of non-ortho nitro benzene ring substituents is 1. The van der Waals surface area contributed by atoms with E-state index in [9.17, 15) is 19.7 Å². The molecule has 0 spiro atoms. The van der Waals surface area contributed by atoms with E-state index in [1.54, 1.807) is 6.92 Å². The zero-order valence-electron chi connectivity index (χ0n) is 16.4. The second-order valence-corrected chi connectivity index (χ2v) is 6.81. The first-order valence-corrected chi connectivity index (χ1v) is 9.42. The zero-order valence-corrected chi connectivity index (χ0v) is 16.4. The van der Waals surface area contributed by atoms with Crippen LogP contribution in [0.2, 0.25) is 0 Å². The van der Waals surface area contributed by atoms with Crippen molar-refractivity contribution in [1.82, 2.24) is 5.32 Å². The second-order valence-electron chi connectivity index (χ2n) is 6.81. The van der Waals surface area contributed by atoms with Gasteiger partial charge < -0.3 is 10.6 Å². The lowest BCUT2D eigenvalue weighted by Gasteiger charge is -2.16. The molecule has 0 aromatic heterocycles. The summed E-state index contributed by atoms with van der Waals surface area (Å²) >= 11 is 0. The number of nitrogens with one attached hydrogen (secondary N) is 2. The van der Waals surface area contributed by atoms with Gasteiger partial charge in [0.2, 0.25) is 5.91 Å². The van der Waals surface area contributed by atoms with Gasteiger partial charge in [-0.2, -0.15) is 0 Å². The van der Waals surface area contributed by atoms with Gasteiger partial charge in [-0.05, 0) is 36.6 Å². The van der Waals surface area contributed by atoms with E-state index in [4.69, 9.17) is 0 Å². The Labute approximate surface area is 173 Å². The molecule has 0 saturated carbocycles. The molecule has 1 atom stereocenters. The number of hydrogen-bond acceptors (Lipinski definition) is 4. The monoisotopic (exact) mass is 403 g/mol. The minimum absolute atomic E-state index is 0.119. The summed E-state index contributed by atoms with van der Waals surface area (Å²) in [5.41, 5.74) is 2.67. The van der Waals surface area contributed by atoms with Crippen molar-refractivity contribution in [2.45, 2.75) is 19.4 Å². The van der Waals surface area contributed by atoms with Crippen molar-refractivity contribution in [3.05, 3.63) is 106 Å². The summed E-state index contributed by atoms with van der Waals surface area (Å²) in [4.78, 5) is 35.3. The lowest BCUT2D eigenvalue weighted by atomic mass is 10.0. The van der Waals surface area contributed by atoms with Gasteiger partial charge in [-0.25, -0.2) is 0 Å². The van der Waals surface area contributed by atoms with Gasteiger partial charge in [0.1, 0.15) is 6.04 Å². The molecule has 3 aromatic rings. The molecule has 3 rings (SSSR count). The van der Waals surface area contributed by atoms with E-state index < -0.39 is 16.9 Å². The number of nitro groups is 1. The van der Waals surface area contributed by atoms with Crippen LogP contribution in [0.1, 0.15) is 28.4 Å². The van der Waals surface area contributed by atoms with Gasteiger partial charge in [0.25, 0.3) is 11.6 Å². The van der Waals surface area contributed by atoms with Gasteiger partial charge in [0.05, 0.1) is 4.92 Å². The Kier molecular flexibility index (Phi) is 6.54. The lowest BCUT2D eigenvalue weighted by Crippen LogP contribution is -2.41. The average Bonchev–Trinajstić information content (AvgIpc) is 2.75. The van der Waals surface area contributed by atoms with Crippen LogP contribution in [0.25, 0.3) is 0 Å². The Hall–Kier alpha value is -4.00. The fraction of sp³-hybridized carbons (Fsp3) is 0.130. The van der Waals surface area contributed by atoms with Gasteiger partial charge >= 0.3 is 0 Å². The molecule has 0 aliphatic rings. The van der Waals surface area contributed by atoms with Crippen LogP contribution in [0.3, 0.4) is 0 Å². The minimum Gasteiger partial charge on any atom is -0.341 e. The molecule has 7 nitrogen and oxygen atoms in total. The van der Waals surface area contributed by atoms with Crippen molar-refractivity contribution >= 4 is 23.2 Å². The van der Waals surface area contributed by atoms with Gasteiger partial charge in [-0.15, -0.1) is 0 Å². The van der Waals surface area contributed by atoms with Crippen molar-refractivity contribution in [2.75, 3.05) is 5.32 Å². The predicted octanol–water partition coefficient (Wildman–Crippen LogP) is 3.94. The molecule has 0 aliphatic heterocycles. The van der Waals surface area contributed by atoms with Gasteiger partial charge in [-0.1, -0.05) is 54.6 Å². The molecule has 0 saturated heterocycles. The number of nitro benzene ring substituents is 1. The van der Waals surface area contributed by atoms with E-state index in [1.165, 1.54) is 24.3 Å². The summed E-state index contributed by atoms with van der Waals surface area (Å²) < 4.78 is 0. The fourth-order valence-electron chi connectivity index (χ4n) is 2.96. The number of rotatable bonds is 7. The number of para-hydroxylation sites is 1. The highest BCUT2D eigenvalue weighted by Gasteiger charge is 2.19. The van der Waals surface area contributed by atoms with E-state index in [2.05, 4.69) is 10.6 Å². The molecule has 0 unspecified atom stereocenters. The van der Waals surface area contributed by atoms with Crippen molar-refractivity contribution < 1.29 is 14.5 Å². The van der Waals surface area contributed by atoms with E-state index in [0.29, 0.717) is 12.1 Å². The molecule has 7 heteroatoms. The highest BCUT2D eigenvalue weighted by atomic mass is 16.6. The van der Waals surface area contributed by atoms with E-state index in [-0.39, 0.29) is 17.2 Å². The first-order chi connectivity index (χ1) is 14.4. The molecule has 2 amide bonds. The Balaban J connectivity index is 1.67. The first kappa shape index (κ1) is 20.7. The zero-order chi connectivity index (χ0) is 21.5. The molecule has 0 fully saturated rings. The summed E-state index contributed by atoms with van der Waals surface area (Å²) in [6.07, 6.45) is 0.658. The third-order valence-corrected chi connectivity index (χ3v) is 4.57. The number of carbonyl (C=O) groups excluding carboxylic acids is 2. The van der Waals surface area contributed by atoms with Crippen LogP contribution in [0, 0.1) is 10.1 Å². The van der Waals surface area contributed by atoms with Crippen molar-refractivity contribution in [2.24, 2.45) is 0 Å². The largest absolute Gasteiger partial charge is 0.341 e. The van der Waals surface area contributed by atoms with Crippen LogP contribution < -0.4 is 10.6 Å². The van der Waals surface area contributed by atoms with E-state index in [0.717, 1.165) is 11.1 Å². The summed E-state index contributed by atoms with van der Waals surface area (Å²) in [5.74, 6) is -0.937. The Morgan fingerprint density at radius 2 is 1.67 bits per heavy atom. The maximum absolute atomic E-state index is 12.6. The van der Waals surface area contributed by atoms with Crippen LogP contribution >= 0.6 is 0 Å². The van der Waals surface area contributed by atoms with Gasteiger partial charge in [0, 0.05) is 23.4 Å². The van der Waals surface area contributed by atoms with Crippen LogP contribution in [0.4, 0.5) is 11.4 Å². The number of carbonyl (C=O) groups is 2. The molecular weight excluding hydrogens is 382 g/mol. The molecule has 2 N–H and O–H groups in total. The number of amides is 2. The smallest absolute Gasteiger partial charge is 0.270 e. The highest BCUT2D eigenvalue weighted by molar-refractivity contribution is 6.01. The predicted molar refractivity (Wildman–Crippen MR) is 114 cm³/mol. The molecule has 0 bridgehead atoms. The van der Waals surface area contributed by atoms with E-state index >= 15 is 0 Å². The molecule has 0 heterocycles. The Morgan fingerprint density at radius 1 is 0.967 bits per heavy atom. The number of hydrogen-bond donors (Lipinski definition) is 2. The third kappa shape index (κ3) is 5.29. The maximum atomic E-state index is 12.6. The fourth-order valence-corrected chi connectivity index (χ4v) is 2.96. The SMILES string of the molecule is C[C@H](NC(=O)c1cccc([N+](=O)[O-])c1)C(=O)Nc1ccccc1Cc1ccccc1. The van der Waals surface area contributed by atoms with Crippen LogP contribution in [0.15, 0.2) is 78.9 Å². The van der Waals surface area contributed by atoms with Crippen molar-refractivity contribution in [3.8, 4) is 0 Å². The van der Waals surface area contributed by atoms with Crippen molar-refractivity contribution in [1.29, 1.82) is 0 Å². The first-order valence-electron chi connectivity index (χ1n) is 9.42. The number of anilines is 1. The Morgan fingerprint density at radius 3 is 2.40 bits per heavy atom. The average molecular weight is 403 g/mol. The Bertz CT molecular complexity index is 1070. The van der Waals surface area contributed by atoms with E-state index in [1.807, 2.05) is 54.6 Å². The molecule has 0 aliphatic carbocycles. The normalized spacial score (nSPS) is 11.4. The topological polar surface area (TPSA) is 101 Å². The number of benzene rings is 3. The summed E-state index contributed by atoms with van der Waals surface area (Å²) in [5, 5.41) is 16.3. The van der Waals surface area contributed by atoms with Gasteiger partial charge in [-0.3, -0.25) is 19.7 Å².